The van der Waals surface area contributed by atoms with Crippen molar-refractivity contribution in [2.24, 2.45) is 0 Å². The lowest BCUT2D eigenvalue weighted by Gasteiger charge is -2.29. The molecule has 166 valence electrons. The predicted octanol–water partition coefficient (Wildman–Crippen LogP) is 3.23. The summed E-state index contributed by atoms with van der Waals surface area (Å²) in [6.45, 7) is 1.48. The Kier molecular flexibility index (Phi) is 5.60. The van der Waals surface area contributed by atoms with Crippen LogP contribution in [0.25, 0.3) is 0 Å². The second-order valence-corrected chi connectivity index (χ2v) is 8.18. The highest BCUT2D eigenvalue weighted by atomic mass is 35.5. The van der Waals surface area contributed by atoms with Crippen molar-refractivity contribution in [3.8, 4) is 0 Å². The molecule has 32 heavy (non-hydrogen) atoms. The van der Waals surface area contributed by atoms with Gasteiger partial charge in [0.2, 0.25) is 11.8 Å². The Balaban J connectivity index is 1.62. The summed E-state index contributed by atoms with van der Waals surface area (Å²) in [6.07, 6.45) is -1.04. The number of hydrogen-bond donors (Lipinski definition) is 2. The minimum atomic E-state index is -1.30. The molecule has 8 nitrogen and oxygen atoms in total. The van der Waals surface area contributed by atoms with Crippen LogP contribution >= 0.6 is 11.6 Å². The maximum Gasteiger partial charge on any atom is 0.412 e. The van der Waals surface area contributed by atoms with Crippen LogP contribution in [0, 0.1) is 12.7 Å². The number of halogens is 2. The summed E-state index contributed by atoms with van der Waals surface area (Å²) < 4.78 is 15.4. The summed E-state index contributed by atoms with van der Waals surface area (Å²) in [5.74, 6) is -2.48. The molecule has 1 atom stereocenters. The van der Waals surface area contributed by atoms with Gasteiger partial charge < -0.3 is 10.0 Å². The molecular formula is C22H19ClFN3O5. The fraction of sp³-hybridized carbons (Fsp3) is 0.273. The monoisotopic (exact) mass is 459 g/mol. The third-order valence-electron chi connectivity index (χ3n) is 5.74. The number of fused-ring (bicyclic) bond motifs is 1. The molecule has 1 fully saturated rings. The van der Waals surface area contributed by atoms with Gasteiger partial charge in [-0.2, -0.15) is 0 Å². The van der Waals surface area contributed by atoms with Crippen molar-refractivity contribution in [3.05, 3.63) is 63.4 Å². The van der Waals surface area contributed by atoms with Gasteiger partial charge in [0.1, 0.15) is 11.9 Å². The van der Waals surface area contributed by atoms with E-state index in [1.54, 1.807) is 25.1 Å². The maximum atomic E-state index is 15.4. The van der Waals surface area contributed by atoms with Crippen LogP contribution < -0.4 is 10.2 Å². The van der Waals surface area contributed by atoms with Crippen molar-refractivity contribution in [2.45, 2.75) is 38.9 Å². The molecule has 4 rings (SSSR count). The summed E-state index contributed by atoms with van der Waals surface area (Å²) in [6, 6.07) is 6.83. The maximum absolute atomic E-state index is 15.4. The number of carboxylic acid groups (broad SMARTS) is 1. The lowest BCUT2D eigenvalue weighted by atomic mass is 10.0. The normalized spacial score (nSPS) is 17.9. The van der Waals surface area contributed by atoms with Crippen molar-refractivity contribution < 1.29 is 28.7 Å². The first-order chi connectivity index (χ1) is 15.2. The van der Waals surface area contributed by atoms with Crippen molar-refractivity contribution >= 4 is 41.1 Å². The second kappa shape index (κ2) is 8.23. The highest BCUT2D eigenvalue weighted by molar-refractivity contribution is 6.31. The number of piperidine rings is 1. The van der Waals surface area contributed by atoms with Gasteiger partial charge >= 0.3 is 6.09 Å². The average molecular weight is 460 g/mol. The zero-order chi connectivity index (χ0) is 23.2. The van der Waals surface area contributed by atoms with E-state index in [2.05, 4.69) is 5.32 Å². The van der Waals surface area contributed by atoms with Crippen LogP contribution in [0.15, 0.2) is 30.3 Å². The second-order valence-electron chi connectivity index (χ2n) is 7.77. The van der Waals surface area contributed by atoms with Gasteiger partial charge in [0.15, 0.2) is 0 Å². The first-order valence-corrected chi connectivity index (χ1v) is 10.3. The summed E-state index contributed by atoms with van der Waals surface area (Å²) in [4.78, 5) is 50.5. The topological polar surface area (TPSA) is 107 Å². The van der Waals surface area contributed by atoms with Crippen LogP contribution in [-0.2, 0) is 22.7 Å². The van der Waals surface area contributed by atoms with Gasteiger partial charge in [-0.25, -0.2) is 9.18 Å². The zero-order valence-electron chi connectivity index (χ0n) is 17.0. The van der Waals surface area contributed by atoms with Gasteiger partial charge in [-0.15, -0.1) is 0 Å². The molecule has 0 saturated carbocycles. The molecule has 2 heterocycles. The number of benzene rings is 2. The zero-order valence-corrected chi connectivity index (χ0v) is 17.8. The van der Waals surface area contributed by atoms with Crippen LogP contribution in [-0.4, -0.2) is 39.9 Å². The Morgan fingerprint density at radius 2 is 2.03 bits per heavy atom. The fourth-order valence-electron chi connectivity index (χ4n) is 3.96. The summed E-state index contributed by atoms with van der Waals surface area (Å²) in [5, 5.41) is 12.2. The van der Waals surface area contributed by atoms with Gasteiger partial charge in [0.05, 0.1) is 12.1 Å². The number of aryl methyl sites for hydroxylation is 1. The molecule has 2 aliphatic heterocycles. The number of anilines is 1. The number of amides is 4. The molecule has 2 aromatic carbocycles. The molecule has 2 aliphatic rings. The minimum Gasteiger partial charge on any atom is -0.465 e. The third-order valence-corrected chi connectivity index (χ3v) is 6.14. The third kappa shape index (κ3) is 3.80. The Labute approximate surface area is 187 Å². The molecule has 4 amide bonds. The molecular weight excluding hydrogens is 441 g/mol. The van der Waals surface area contributed by atoms with E-state index in [4.69, 9.17) is 11.6 Å². The van der Waals surface area contributed by atoms with Crippen LogP contribution in [0.5, 0.6) is 0 Å². The van der Waals surface area contributed by atoms with E-state index >= 15 is 4.39 Å². The predicted molar refractivity (Wildman–Crippen MR) is 113 cm³/mol. The van der Waals surface area contributed by atoms with Crippen LogP contribution in [0.1, 0.15) is 39.9 Å². The molecule has 1 unspecified atom stereocenters. The van der Waals surface area contributed by atoms with Crippen molar-refractivity contribution in [1.29, 1.82) is 0 Å². The Bertz CT molecular complexity index is 1170. The molecule has 0 radical (unpaired) electrons. The van der Waals surface area contributed by atoms with Gasteiger partial charge in [-0.3, -0.25) is 24.6 Å². The molecule has 0 bridgehead atoms. The lowest BCUT2D eigenvalue weighted by Crippen LogP contribution is -2.52. The molecule has 0 aromatic heterocycles. The molecule has 2 N–H and O–H groups in total. The number of carbonyl (C=O) groups is 4. The highest BCUT2D eigenvalue weighted by Gasteiger charge is 2.41. The summed E-state index contributed by atoms with van der Waals surface area (Å²) in [7, 11) is 0. The number of nitrogens with zero attached hydrogens (tertiary/aromatic N) is 2. The molecule has 0 aliphatic carbocycles. The van der Waals surface area contributed by atoms with E-state index < -0.39 is 35.7 Å². The van der Waals surface area contributed by atoms with E-state index in [0.717, 1.165) is 10.5 Å². The molecule has 1 saturated heterocycles. The first-order valence-electron chi connectivity index (χ1n) is 9.89. The number of carbonyl (C=O) groups excluding carboxylic acids is 3. The molecule has 10 heteroatoms. The largest absolute Gasteiger partial charge is 0.465 e. The van der Waals surface area contributed by atoms with E-state index in [9.17, 15) is 24.3 Å². The number of imide groups is 1. The minimum absolute atomic E-state index is 0.0151. The SMILES string of the molecule is Cc1ccc(N(Cc2ccc3c(c2F)C(=O)N(C2CCC(=O)NC2=O)C3)C(=O)O)cc1Cl. The van der Waals surface area contributed by atoms with Crippen molar-refractivity contribution in [3.63, 3.8) is 0 Å². The smallest absolute Gasteiger partial charge is 0.412 e. The molecule has 2 aromatic rings. The van der Waals surface area contributed by atoms with E-state index in [1.165, 1.54) is 17.0 Å². The van der Waals surface area contributed by atoms with Gasteiger partial charge in [0.25, 0.3) is 5.91 Å². The van der Waals surface area contributed by atoms with Crippen LogP contribution in [0.4, 0.5) is 14.9 Å². The standard InChI is InChI=1S/C22H19ClFN3O5/c1-11-2-5-14(8-15(11)23)26(22(31)32)10-13-4-3-12-9-27(21(30)18(12)19(13)24)16-6-7-17(28)25-20(16)29/h2-5,8,16H,6-7,9-10H2,1H3,(H,31,32)(H,25,28,29). The van der Waals surface area contributed by atoms with Crippen LogP contribution in [0.2, 0.25) is 5.02 Å². The Morgan fingerprint density at radius 1 is 1.28 bits per heavy atom. The quantitative estimate of drug-likeness (QED) is 0.682. The molecule has 0 spiro atoms. The van der Waals surface area contributed by atoms with Crippen LogP contribution in [0.3, 0.4) is 0 Å². The highest BCUT2D eigenvalue weighted by Crippen LogP contribution is 2.32. The van der Waals surface area contributed by atoms with Crippen molar-refractivity contribution in [1.82, 2.24) is 10.2 Å². The first kappa shape index (κ1) is 21.8. The fourth-order valence-corrected chi connectivity index (χ4v) is 4.14. The van der Waals surface area contributed by atoms with Gasteiger partial charge in [-0.1, -0.05) is 29.8 Å². The lowest BCUT2D eigenvalue weighted by molar-refractivity contribution is -0.136. The average Bonchev–Trinajstić information content (AvgIpc) is 3.06. The summed E-state index contributed by atoms with van der Waals surface area (Å²) in [5.41, 5.74) is 1.27. The van der Waals surface area contributed by atoms with Crippen molar-refractivity contribution in [2.75, 3.05) is 4.90 Å². The number of nitrogens with one attached hydrogen (secondary N) is 1. The Hall–Kier alpha value is -3.46. The van der Waals surface area contributed by atoms with E-state index in [-0.39, 0.29) is 42.7 Å². The Morgan fingerprint density at radius 3 is 2.69 bits per heavy atom. The number of hydrogen-bond acceptors (Lipinski definition) is 4. The van der Waals surface area contributed by atoms with E-state index in [1.807, 2.05) is 0 Å². The number of rotatable bonds is 4. The van der Waals surface area contributed by atoms with Gasteiger partial charge in [0, 0.05) is 29.2 Å². The van der Waals surface area contributed by atoms with Gasteiger partial charge in [-0.05, 0) is 36.6 Å². The van der Waals surface area contributed by atoms with E-state index in [0.29, 0.717) is 10.6 Å². The summed E-state index contributed by atoms with van der Waals surface area (Å²) >= 11 is 6.11.